The Kier molecular flexibility index (Phi) is 5.47. The van der Waals surface area contributed by atoms with E-state index in [1.54, 1.807) is 6.92 Å². The van der Waals surface area contributed by atoms with Crippen LogP contribution in [0.25, 0.3) is 11.4 Å². The van der Waals surface area contributed by atoms with Crippen LogP contribution in [-0.2, 0) is 4.79 Å². The Labute approximate surface area is 166 Å². The number of hydrogen-bond donors (Lipinski definition) is 1. The summed E-state index contributed by atoms with van der Waals surface area (Å²) in [6, 6.07) is 10.3. The molecular formula is C16H12BrClN6O3. The summed E-state index contributed by atoms with van der Waals surface area (Å²) >= 11 is 9.35. The van der Waals surface area contributed by atoms with Gasteiger partial charge in [0, 0.05) is 22.2 Å². The van der Waals surface area contributed by atoms with E-state index in [1.165, 1.54) is 18.2 Å². The van der Waals surface area contributed by atoms with Crippen molar-refractivity contribution < 1.29 is 9.72 Å². The average Bonchev–Trinajstić information content (AvgIpc) is 3.13. The number of tetrazole rings is 1. The summed E-state index contributed by atoms with van der Waals surface area (Å²) in [5, 5.41) is 25.7. The number of rotatable bonds is 5. The zero-order valence-corrected chi connectivity index (χ0v) is 16.2. The van der Waals surface area contributed by atoms with E-state index in [-0.39, 0.29) is 16.4 Å². The molecule has 1 heterocycles. The number of nitrogens with zero attached hydrogens (tertiary/aromatic N) is 5. The standard InChI is InChI=1S/C16H12BrClN6O3/c1-9(16(25)19-14-8-12(24(26)27)6-7-13(14)18)23-21-15(20-22-23)10-2-4-11(17)5-3-10/h2-9H,1H3,(H,19,25). The summed E-state index contributed by atoms with van der Waals surface area (Å²) < 4.78 is 0.917. The minimum Gasteiger partial charge on any atom is -0.323 e. The van der Waals surface area contributed by atoms with Crippen LogP contribution in [0.15, 0.2) is 46.9 Å². The van der Waals surface area contributed by atoms with Crippen molar-refractivity contribution in [3.05, 3.63) is 62.1 Å². The Bertz CT molecular complexity index is 1010. The first kappa shape index (κ1) is 18.9. The molecule has 27 heavy (non-hydrogen) atoms. The van der Waals surface area contributed by atoms with Crippen molar-refractivity contribution in [2.24, 2.45) is 0 Å². The van der Waals surface area contributed by atoms with Crippen LogP contribution < -0.4 is 5.32 Å². The molecule has 1 amide bonds. The number of benzene rings is 2. The molecule has 1 aromatic heterocycles. The molecular weight excluding hydrogens is 440 g/mol. The third-order valence-corrected chi connectivity index (χ3v) is 4.53. The molecule has 0 spiro atoms. The second kappa shape index (κ2) is 7.80. The van der Waals surface area contributed by atoms with E-state index >= 15 is 0 Å². The van der Waals surface area contributed by atoms with Gasteiger partial charge >= 0.3 is 0 Å². The Hall–Kier alpha value is -2.85. The van der Waals surface area contributed by atoms with E-state index in [9.17, 15) is 14.9 Å². The Morgan fingerprint density at radius 2 is 2.00 bits per heavy atom. The lowest BCUT2D eigenvalue weighted by atomic mass is 10.2. The van der Waals surface area contributed by atoms with Gasteiger partial charge in [0.05, 0.1) is 15.6 Å². The van der Waals surface area contributed by atoms with Gasteiger partial charge in [0.25, 0.3) is 11.6 Å². The van der Waals surface area contributed by atoms with Gasteiger partial charge in [-0.05, 0) is 42.5 Å². The van der Waals surface area contributed by atoms with Crippen LogP contribution in [0.2, 0.25) is 5.02 Å². The molecule has 1 unspecified atom stereocenters. The molecule has 0 bridgehead atoms. The molecule has 3 aromatic rings. The smallest absolute Gasteiger partial charge is 0.271 e. The van der Waals surface area contributed by atoms with Crippen LogP contribution in [0.4, 0.5) is 11.4 Å². The average molecular weight is 452 g/mol. The van der Waals surface area contributed by atoms with Crippen molar-refractivity contribution in [3.8, 4) is 11.4 Å². The van der Waals surface area contributed by atoms with Gasteiger partial charge in [0.2, 0.25) is 5.82 Å². The van der Waals surface area contributed by atoms with Gasteiger partial charge in [-0.1, -0.05) is 27.5 Å². The Morgan fingerprint density at radius 3 is 2.67 bits per heavy atom. The molecule has 0 aliphatic heterocycles. The third-order valence-electron chi connectivity index (χ3n) is 3.68. The van der Waals surface area contributed by atoms with Crippen molar-refractivity contribution in [1.82, 2.24) is 20.2 Å². The van der Waals surface area contributed by atoms with Gasteiger partial charge in [-0.2, -0.15) is 4.80 Å². The first-order valence-electron chi connectivity index (χ1n) is 7.65. The minimum atomic E-state index is -0.808. The SMILES string of the molecule is CC(C(=O)Nc1cc([N+](=O)[O-])ccc1Cl)n1nnc(-c2ccc(Br)cc2)n1. The summed E-state index contributed by atoms with van der Waals surface area (Å²) in [6.07, 6.45) is 0. The molecule has 2 aromatic carbocycles. The lowest BCUT2D eigenvalue weighted by molar-refractivity contribution is -0.384. The molecule has 1 N–H and O–H groups in total. The fourth-order valence-electron chi connectivity index (χ4n) is 2.17. The van der Waals surface area contributed by atoms with Crippen molar-refractivity contribution >= 4 is 44.8 Å². The molecule has 0 saturated carbocycles. The number of non-ortho nitro benzene ring substituents is 1. The largest absolute Gasteiger partial charge is 0.323 e. The number of nitro groups is 1. The van der Waals surface area contributed by atoms with Crippen LogP contribution in [-0.4, -0.2) is 31.0 Å². The predicted molar refractivity (Wildman–Crippen MR) is 102 cm³/mol. The molecule has 9 nitrogen and oxygen atoms in total. The monoisotopic (exact) mass is 450 g/mol. The van der Waals surface area contributed by atoms with E-state index in [0.717, 1.165) is 14.8 Å². The maximum absolute atomic E-state index is 12.5. The number of nitrogens with one attached hydrogen (secondary N) is 1. The van der Waals surface area contributed by atoms with Crippen LogP contribution in [0.5, 0.6) is 0 Å². The lowest BCUT2D eigenvalue weighted by Crippen LogP contribution is -2.25. The van der Waals surface area contributed by atoms with Gasteiger partial charge in [-0.15, -0.1) is 10.2 Å². The molecule has 0 fully saturated rings. The summed E-state index contributed by atoms with van der Waals surface area (Å²) in [5.74, 6) is -0.118. The second-order valence-corrected chi connectivity index (χ2v) is 6.85. The normalized spacial score (nSPS) is 11.8. The zero-order valence-electron chi connectivity index (χ0n) is 13.8. The van der Waals surface area contributed by atoms with Gasteiger partial charge in [0.1, 0.15) is 6.04 Å². The molecule has 0 aliphatic rings. The minimum absolute atomic E-state index is 0.135. The van der Waals surface area contributed by atoms with Crippen molar-refractivity contribution in [3.63, 3.8) is 0 Å². The van der Waals surface area contributed by atoms with E-state index in [2.05, 4.69) is 36.7 Å². The molecule has 0 aliphatic carbocycles. The highest BCUT2D eigenvalue weighted by Gasteiger charge is 2.21. The number of halogens is 2. The number of nitro benzene ring substituents is 1. The van der Waals surface area contributed by atoms with Crippen molar-refractivity contribution in [1.29, 1.82) is 0 Å². The van der Waals surface area contributed by atoms with Gasteiger partial charge in [0.15, 0.2) is 0 Å². The van der Waals surface area contributed by atoms with Crippen LogP contribution in [0.3, 0.4) is 0 Å². The van der Waals surface area contributed by atoms with Gasteiger partial charge < -0.3 is 5.32 Å². The number of carbonyl (C=O) groups excluding carboxylic acids is 1. The number of anilines is 1. The van der Waals surface area contributed by atoms with E-state index in [0.29, 0.717) is 5.82 Å². The summed E-state index contributed by atoms with van der Waals surface area (Å²) in [4.78, 5) is 23.9. The second-order valence-electron chi connectivity index (χ2n) is 5.53. The van der Waals surface area contributed by atoms with E-state index in [1.807, 2.05) is 24.3 Å². The molecule has 3 rings (SSSR count). The highest BCUT2D eigenvalue weighted by Crippen LogP contribution is 2.27. The summed E-state index contributed by atoms with van der Waals surface area (Å²) in [5.41, 5.74) is 0.702. The highest BCUT2D eigenvalue weighted by molar-refractivity contribution is 9.10. The van der Waals surface area contributed by atoms with Crippen molar-refractivity contribution in [2.75, 3.05) is 5.32 Å². The Morgan fingerprint density at radius 1 is 1.30 bits per heavy atom. The molecule has 1 atom stereocenters. The van der Waals surface area contributed by atoms with Crippen LogP contribution >= 0.6 is 27.5 Å². The quantitative estimate of drug-likeness (QED) is 0.465. The molecule has 0 saturated heterocycles. The van der Waals surface area contributed by atoms with Crippen molar-refractivity contribution in [2.45, 2.75) is 13.0 Å². The molecule has 0 radical (unpaired) electrons. The van der Waals surface area contributed by atoms with Gasteiger partial charge in [-0.3, -0.25) is 14.9 Å². The van der Waals surface area contributed by atoms with E-state index < -0.39 is 16.9 Å². The topological polar surface area (TPSA) is 116 Å². The van der Waals surface area contributed by atoms with Gasteiger partial charge in [-0.25, -0.2) is 0 Å². The number of aromatic nitrogens is 4. The highest BCUT2D eigenvalue weighted by atomic mass is 79.9. The lowest BCUT2D eigenvalue weighted by Gasteiger charge is -2.11. The van der Waals surface area contributed by atoms with Crippen LogP contribution in [0, 0.1) is 10.1 Å². The summed E-state index contributed by atoms with van der Waals surface area (Å²) in [7, 11) is 0. The maximum Gasteiger partial charge on any atom is 0.271 e. The first-order chi connectivity index (χ1) is 12.8. The maximum atomic E-state index is 12.5. The Balaban J connectivity index is 1.77. The number of amides is 1. The third kappa shape index (κ3) is 4.29. The fourth-order valence-corrected chi connectivity index (χ4v) is 2.60. The van der Waals surface area contributed by atoms with Crippen LogP contribution in [0.1, 0.15) is 13.0 Å². The summed E-state index contributed by atoms with van der Waals surface area (Å²) in [6.45, 7) is 1.58. The zero-order chi connectivity index (χ0) is 19.6. The van der Waals surface area contributed by atoms with E-state index in [4.69, 9.17) is 11.6 Å². The first-order valence-corrected chi connectivity index (χ1v) is 8.82. The number of hydrogen-bond acceptors (Lipinski definition) is 6. The predicted octanol–water partition coefficient (Wildman–Crippen LogP) is 3.86. The fraction of sp³-hybridized carbons (Fsp3) is 0.125. The molecule has 11 heteroatoms. The number of carbonyl (C=O) groups is 1. The molecule has 138 valence electrons.